The van der Waals surface area contributed by atoms with Gasteiger partial charge in [-0.15, -0.1) is 0 Å². The molecule has 5 nitrogen and oxygen atoms in total. The van der Waals surface area contributed by atoms with Crippen molar-refractivity contribution in [1.82, 2.24) is 5.32 Å². The molecule has 1 heterocycles. The van der Waals surface area contributed by atoms with Crippen molar-refractivity contribution in [2.24, 2.45) is 11.1 Å². The molecule has 0 spiro atoms. The van der Waals surface area contributed by atoms with Crippen LogP contribution in [0.15, 0.2) is 29.4 Å². The Kier molecular flexibility index (Phi) is 3.22. The van der Waals surface area contributed by atoms with E-state index in [1.54, 1.807) is 6.92 Å². The predicted molar refractivity (Wildman–Crippen MR) is 73.9 cm³/mol. The number of hydrogen-bond donors (Lipinski definition) is 2. The van der Waals surface area contributed by atoms with E-state index in [4.69, 9.17) is 4.84 Å². The van der Waals surface area contributed by atoms with Gasteiger partial charge in [-0.25, -0.2) is 0 Å². The highest BCUT2D eigenvalue weighted by Crippen LogP contribution is 2.29. The molecule has 1 aromatic rings. The lowest BCUT2D eigenvalue weighted by Crippen LogP contribution is -2.24. The number of carbonyl (C=O) groups is 1. The van der Waals surface area contributed by atoms with Crippen molar-refractivity contribution >= 4 is 11.6 Å². The summed E-state index contributed by atoms with van der Waals surface area (Å²) in [6, 6.07) is 7.78. The molecule has 106 valence electrons. The van der Waals surface area contributed by atoms with Crippen LogP contribution in [0.3, 0.4) is 0 Å². The molecule has 1 amide bonds. The molecule has 1 aliphatic heterocycles. The molecule has 5 heteroatoms. The molecule has 3 rings (SSSR count). The van der Waals surface area contributed by atoms with Crippen molar-refractivity contribution in [3.8, 4) is 0 Å². The third kappa shape index (κ3) is 2.99. The van der Waals surface area contributed by atoms with Gasteiger partial charge in [0, 0.05) is 19.4 Å². The van der Waals surface area contributed by atoms with E-state index in [0.29, 0.717) is 13.0 Å². The van der Waals surface area contributed by atoms with Crippen LogP contribution in [0.1, 0.15) is 37.3 Å². The Morgan fingerprint density at radius 3 is 3.00 bits per heavy atom. The van der Waals surface area contributed by atoms with E-state index in [1.165, 1.54) is 0 Å². The van der Waals surface area contributed by atoms with Gasteiger partial charge in [0.1, 0.15) is 0 Å². The summed E-state index contributed by atoms with van der Waals surface area (Å²) in [7, 11) is 0. The van der Waals surface area contributed by atoms with Crippen LogP contribution in [0.25, 0.3) is 0 Å². The summed E-state index contributed by atoms with van der Waals surface area (Å²) < 4.78 is 0. The Labute approximate surface area is 117 Å². The second kappa shape index (κ2) is 4.90. The Morgan fingerprint density at radius 2 is 2.35 bits per heavy atom. The zero-order valence-corrected chi connectivity index (χ0v) is 11.4. The molecular formula is C15H18N2O3. The third-order valence-corrected chi connectivity index (χ3v) is 3.52. The molecule has 1 aliphatic carbocycles. The first-order chi connectivity index (χ1) is 9.53. The average molecular weight is 274 g/mol. The number of oxime groups is 1. The van der Waals surface area contributed by atoms with E-state index in [9.17, 15) is 9.90 Å². The highest BCUT2D eigenvalue weighted by Gasteiger charge is 2.32. The Bertz CT molecular complexity index is 562. The highest BCUT2D eigenvalue weighted by atomic mass is 16.7. The molecule has 20 heavy (non-hydrogen) atoms. The van der Waals surface area contributed by atoms with Crippen molar-refractivity contribution in [2.75, 3.05) is 0 Å². The van der Waals surface area contributed by atoms with Crippen LogP contribution in [0.5, 0.6) is 0 Å². The van der Waals surface area contributed by atoms with Gasteiger partial charge in [0.25, 0.3) is 0 Å². The van der Waals surface area contributed by atoms with Gasteiger partial charge in [-0.3, -0.25) is 4.79 Å². The smallest absolute Gasteiger partial charge is 0.237 e. The average Bonchev–Trinajstić information content (AvgIpc) is 3.20. The first-order valence-electron chi connectivity index (χ1n) is 6.88. The van der Waals surface area contributed by atoms with E-state index < -0.39 is 5.79 Å². The van der Waals surface area contributed by atoms with Gasteiger partial charge in [-0.2, -0.15) is 0 Å². The lowest BCUT2D eigenvalue weighted by atomic mass is 10.0. The number of nitrogens with one attached hydrogen (secondary N) is 1. The van der Waals surface area contributed by atoms with Crippen molar-refractivity contribution in [1.29, 1.82) is 0 Å². The molecule has 0 radical (unpaired) electrons. The van der Waals surface area contributed by atoms with Gasteiger partial charge in [0.2, 0.25) is 11.7 Å². The maximum atomic E-state index is 11.6. The second-order valence-corrected chi connectivity index (χ2v) is 5.67. The Morgan fingerprint density at radius 1 is 1.55 bits per heavy atom. The fourth-order valence-corrected chi connectivity index (χ4v) is 2.22. The van der Waals surface area contributed by atoms with E-state index in [-0.39, 0.29) is 11.8 Å². The number of amides is 1. The lowest BCUT2D eigenvalue weighted by Gasteiger charge is -2.12. The molecule has 1 saturated carbocycles. The van der Waals surface area contributed by atoms with E-state index >= 15 is 0 Å². The van der Waals surface area contributed by atoms with Gasteiger partial charge >= 0.3 is 0 Å². The number of nitrogens with zero attached hydrogens (tertiary/aromatic N) is 1. The molecule has 1 aromatic carbocycles. The molecule has 0 saturated heterocycles. The summed E-state index contributed by atoms with van der Waals surface area (Å²) in [5, 5.41) is 16.6. The fraction of sp³-hybridized carbons (Fsp3) is 0.467. The second-order valence-electron chi connectivity index (χ2n) is 5.67. The molecular weight excluding hydrogens is 256 g/mol. The van der Waals surface area contributed by atoms with Gasteiger partial charge in [-0.05, 0) is 30.0 Å². The van der Waals surface area contributed by atoms with Crippen molar-refractivity contribution in [3.63, 3.8) is 0 Å². The van der Waals surface area contributed by atoms with Crippen LogP contribution >= 0.6 is 0 Å². The SMILES string of the molecule is CC1(O)CC(c2cccc(CNC(=O)C3CC3)c2)=NO1. The fourth-order valence-electron chi connectivity index (χ4n) is 2.22. The summed E-state index contributed by atoms with van der Waals surface area (Å²) >= 11 is 0. The molecule has 1 fully saturated rings. The predicted octanol–water partition coefficient (Wildman–Crippen LogP) is 1.55. The van der Waals surface area contributed by atoms with Crippen molar-refractivity contribution in [2.45, 2.75) is 38.5 Å². The van der Waals surface area contributed by atoms with E-state index in [2.05, 4.69) is 10.5 Å². The van der Waals surface area contributed by atoms with Crippen LogP contribution < -0.4 is 5.32 Å². The topological polar surface area (TPSA) is 70.9 Å². The minimum absolute atomic E-state index is 0.139. The number of hydrogen-bond acceptors (Lipinski definition) is 4. The Balaban J connectivity index is 1.65. The van der Waals surface area contributed by atoms with E-state index in [1.807, 2.05) is 24.3 Å². The zero-order chi connectivity index (χ0) is 14.2. The molecule has 0 aromatic heterocycles. The van der Waals surface area contributed by atoms with Gasteiger partial charge in [-0.1, -0.05) is 23.4 Å². The van der Waals surface area contributed by atoms with Crippen molar-refractivity contribution < 1.29 is 14.7 Å². The summed E-state index contributed by atoms with van der Waals surface area (Å²) in [6.07, 6.45) is 2.38. The van der Waals surface area contributed by atoms with Gasteiger partial charge in [0.15, 0.2) is 0 Å². The quantitative estimate of drug-likeness (QED) is 0.875. The van der Waals surface area contributed by atoms with Gasteiger partial charge < -0.3 is 15.3 Å². The number of aliphatic hydroxyl groups is 1. The first kappa shape index (κ1) is 13.1. The molecule has 1 atom stereocenters. The minimum Gasteiger partial charge on any atom is -0.360 e. The maximum absolute atomic E-state index is 11.6. The van der Waals surface area contributed by atoms with Gasteiger partial charge in [0.05, 0.1) is 12.1 Å². The molecule has 0 bridgehead atoms. The minimum atomic E-state index is -1.22. The summed E-state index contributed by atoms with van der Waals surface area (Å²) in [5.41, 5.74) is 2.66. The number of carbonyl (C=O) groups excluding carboxylic acids is 1. The zero-order valence-electron chi connectivity index (χ0n) is 11.4. The monoisotopic (exact) mass is 274 g/mol. The molecule has 2 aliphatic rings. The Hall–Kier alpha value is -1.88. The standard InChI is InChI=1S/C15H18N2O3/c1-15(19)8-13(17-20-15)12-4-2-3-10(7-12)9-16-14(18)11-5-6-11/h2-4,7,11,19H,5-6,8-9H2,1H3,(H,16,18). The van der Waals surface area contributed by atoms with Crippen LogP contribution in [0.2, 0.25) is 0 Å². The summed E-state index contributed by atoms with van der Waals surface area (Å²) in [5.74, 6) is -0.855. The highest BCUT2D eigenvalue weighted by molar-refractivity contribution is 6.01. The summed E-state index contributed by atoms with van der Waals surface area (Å²) in [4.78, 5) is 16.6. The first-order valence-corrected chi connectivity index (χ1v) is 6.88. The van der Waals surface area contributed by atoms with Crippen LogP contribution in [-0.2, 0) is 16.2 Å². The lowest BCUT2D eigenvalue weighted by molar-refractivity contribution is -0.170. The summed E-state index contributed by atoms with van der Waals surface area (Å²) in [6.45, 7) is 2.11. The van der Waals surface area contributed by atoms with Crippen LogP contribution in [0.4, 0.5) is 0 Å². The van der Waals surface area contributed by atoms with Crippen LogP contribution in [-0.4, -0.2) is 22.5 Å². The largest absolute Gasteiger partial charge is 0.360 e. The maximum Gasteiger partial charge on any atom is 0.237 e. The molecule has 1 unspecified atom stereocenters. The number of benzene rings is 1. The van der Waals surface area contributed by atoms with Crippen LogP contribution in [0, 0.1) is 5.92 Å². The third-order valence-electron chi connectivity index (χ3n) is 3.52. The van der Waals surface area contributed by atoms with E-state index in [0.717, 1.165) is 29.7 Å². The van der Waals surface area contributed by atoms with Crippen molar-refractivity contribution in [3.05, 3.63) is 35.4 Å². The number of rotatable bonds is 4. The molecule has 2 N–H and O–H groups in total. The normalized spacial score (nSPS) is 25.0.